The molecule has 1 atom stereocenters. The Bertz CT molecular complexity index is 89.4. The number of hydrogen-bond acceptors (Lipinski definition) is 1. The van der Waals surface area contributed by atoms with Crippen molar-refractivity contribution in [3.8, 4) is 0 Å². The van der Waals surface area contributed by atoms with Crippen LogP contribution in [-0.4, -0.2) is 16.7 Å². The van der Waals surface area contributed by atoms with E-state index in [-0.39, 0.29) is 13.0 Å². The third-order valence-corrected chi connectivity index (χ3v) is 1.31. The molecule has 1 unspecified atom stereocenters. The Morgan fingerprint density at radius 2 is 2.00 bits per heavy atom. The van der Waals surface area contributed by atoms with Gasteiger partial charge in [-0.3, -0.25) is 0 Å². The lowest BCUT2D eigenvalue weighted by Crippen LogP contribution is -2.12. The van der Waals surface area contributed by atoms with E-state index in [1.807, 2.05) is 0 Å². The normalized spacial score (nSPS) is 15.3. The van der Waals surface area contributed by atoms with Crippen LogP contribution in [-0.2, 0) is 9.84 Å². The highest BCUT2D eigenvalue weighted by molar-refractivity contribution is 6.67. The van der Waals surface area contributed by atoms with E-state index in [0.717, 1.165) is 0 Å². The second kappa shape index (κ2) is 4.62. The highest BCUT2D eigenvalue weighted by Gasteiger charge is 2.19. The van der Waals surface area contributed by atoms with Crippen LogP contribution in [0.15, 0.2) is 0 Å². The zero-order valence-corrected chi connectivity index (χ0v) is 7.71. The molecule has 0 N–H and O–H groups in total. The van der Waals surface area contributed by atoms with E-state index in [0.29, 0.717) is 0 Å². The summed E-state index contributed by atoms with van der Waals surface area (Å²) in [6.45, 7) is 1.57. The average Bonchev–Trinajstić information content (AvgIpc) is 1.59. The number of halogens is 3. The van der Waals surface area contributed by atoms with Gasteiger partial charge in [0.05, 0.1) is 6.61 Å². The Kier molecular flexibility index (Phi) is 4.99. The molecule has 0 aliphatic carbocycles. The first-order valence-corrected chi connectivity index (χ1v) is 3.89. The summed E-state index contributed by atoms with van der Waals surface area (Å²) in [5.74, 6) is 0. The predicted octanol–water partition coefficient (Wildman–Crippen LogP) is 2.54. The summed E-state index contributed by atoms with van der Waals surface area (Å²) in [4.78, 5) is 0. The zero-order chi connectivity index (χ0) is 8.20. The largest absolute Gasteiger partial charge is 0.350 e. The van der Waals surface area contributed by atoms with Crippen molar-refractivity contribution in [1.29, 1.82) is 0 Å². The fourth-order valence-electron chi connectivity index (χ4n) is 0.341. The maximum Gasteiger partial charge on any atom is 0.192 e. The molecule has 0 amide bonds. The van der Waals surface area contributed by atoms with Crippen LogP contribution < -0.4 is 0 Å². The van der Waals surface area contributed by atoms with Gasteiger partial charge in [-0.15, -0.1) is 0 Å². The Hall–Kier alpha value is 0.790. The molecule has 0 saturated heterocycles. The van der Waals surface area contributed by atoms with Gasteiger partial charge in [0.2, 0.25) is 0 Å². The van der Waals surface area contributed by atoms with Gasteiger partial charge in [-0.05, 0) is 6.92 Å². The van der Waals surface area contributed by atoms with Gasteiger partial charge in [-0.25, -0.2) is 5.11 Å². The van der Waals surface area contributed by atoms with Crippen LogP contribution in [0.5, 0.6) is 0 Å². The number of rotatable bonds is 3. The van der Waals surface area contributed by atoms with E-state index < -0.39 is 10.1 Å². The molecule has 10 heavy (non-hydrogen) atoms. The lowest BCUT2D eigenvalue weighted by atomic mass is 10.5. The fourth-order valence-corrected chi connectivity index (χ4v) is 0.572. The van der Waals surface area contributed by atoms with Crippen molar-refractivity contribution in [2.45, 2.75) is 23.4 Å². The quantitative estimate of drug-likeness (QED) is 0.515. The molecule has 0 heterocycles. The molecule has 0 rings (SSSR count). The van der Waals surface area contributed by atoms with Crippen LogP contribution in [0, 0.1) is 0 Å². The summed E-state index contributed by atoms with van der Waals surface area (Å²) in [6, 6.07) is 0. The predicted molar refractivity (Wildman–Crippen MR) is 41.0 cm³/mol. The summed E-state index contributed by atoms with van der Waals surface area (Å²) in [5, 5.41) is 10.3. The van der Waals surface area contributed by atoms with Crippen molar-refractivity contribution >= 4 is 34.8 Å². The van der Waals surface area contributed by atoms with E-state index in [1.165, 1.54) is 6.92 Å². The summed E-state index contributed by atoms with van der Waals surface area (Å²) < 4.78 is 3.30. The SMILES string of the molecule is CC([O])OCCC(Cl)(Cl)Cl. The summed E-state index contributed by atoms with van der Waals surface area (Å²) in [7, 11) is 0. The zero-order valence-electron chi connectivity index (χ0n) is 5.44. The van der Waals surface area contributed by atoms with Crippen LogP contribution in [0.1, 0.15) is 13.3 Å². The van der Waals surface area contributed by atoms with Gasteiger partial charge in [-0.1, -0.05) is 34.8 Å². The van der Waals surface area contributed by atoms with E-state index in [2.05, 4.69) is 4.74 Å². The summed E-state index contributed by atoms with van der Waals surface area (Å²) in [5.41, 5.74) is 0. The van der Waals surface area contributed by atoms with Gasteiger partial charge >= 0.3 is 0 Å². The van der Waals surface area contributed by atoms with E-state index >= 15 is 0 Å². The second-order valence-electron chi connectivity index (χ2n) is 1.80. The first-order chi connectivity index (χ1) is 4.42. The molecule has 0 aromatic heterocycles. The standard InChI is InChI=1S/C5H8Cl3O2/c1-4(9)10-3-2-5(6,7)8/h4H,2-3H2,1H3. The van der Waals surface area contributed by atoms with Gasteiger partial charge in [0.1, 0.15) is 0 Å². The molecule has 0 aliphatic heterocycles. The Morgan fingerprint density at radius 1 is 1.50 bits per heavy atom. The van der Waals surface area contributed by atoms with Crippen LogP contribution >= 0.6 is 34.8 Å². The van der Waals surface area contributed by atoms with Crippen molar-refractivity contribution < 1.29 is 9.84 Å². The van der Waals surface area contributed by atoms with Crippen LogP contribution in [0.25, 0.3) is 0 Å². The molecule has 0 bridgehead atoms. The first-order valence-electron chi connectivity index (χ1n) is 2.76. The smallest absolute Gasteiger partial charge is 0.192 e. The molecule has 0 aromatic carbocycles. The highest BCUT2D eigenvalue weighted by atomic mass is 35.6. The minimum Gasteiger partial charge on any atom is -0.350 e. The minimum absolute atomic E-state index is 0.182. The summed E-state index contributed by atoms with van der Waals surface area (Å²) in [6.07, 6.45) is -0.808. The van der Waals surface area contributed by atoms with E-state index in [4.69, 9.17) is 34.8 Å². The Labute approximate surface area is 75.0 Å². The Morgan fingerprint density at radius 3 is 2.30 bits per heavy atom. The Balaban J connectivity index is 3.21. The molecule has 0 spiro atoms. The number of ether oxygens (including phenoxy) is 1. The maximum absolute atomic E-state index is 10.3. The molecular weight excluding hydrogens is 198 g/mol. The molecule has 0 aliphatic rings. The third-order valence-electron chi connectivity index (χ3n) is 0.738. The monoisotopic (exact) mass is 205 g/mol. The van der Waals surface area contributed by atoms with E-state index in [9.17, 15) is 5.11 Å². The molecule has 0 fully saturated rings. The van der Waals surface area contributed by atoms with Crippen LogP contribution in [0.2, 0.25) is 0 Å². The van der Waals surface area contributed by atoms with Gasteiger partial charge < -0.3 is 4.74 Å². The van der Waals surface area contributed by atoms with Gasteiger partial charge in [0.25, 0.3) is 0 Å². The van der Waals surface area contributed by atoms with Gasteiger partial charge in [-0.2, -0.15) is 0 Å². The lowest BCUT2D eigenvalue weighted by Gasteiger charge is -2.10. The number of hydrogen-bond donors (Lipinski definition) is 0. The average molecular weight is 206 g/mol. The molecular formula is C5H8Cl3O2. The van der Waals surface area contributed by atoms with Crippen molar-refractivity contribution in [2.75, 3.05) is 6.61 Å². The molecule has 1 radical (unpaired) electrons. The third kappa shape index (κ3) is 8.79. The first kappa shape index (κ1) is 10.8. The van der Waals surface area contributed by atoms with Gasteiger partial charge in [0.15, 0.2) is 10.1 Å². The topological polar surface area (TPSA) is 29.1 Å². The number of alkyl halides is 3. The second-order valence-corrected chi connectivity index (χ2v) is 4.32. The van der Waals surface area contributed by atoms with Crippen molar-refractivity contribution in [3.05, 3.63) is 0 Å². The maximum atomic E-state index is 10.3. The molecule has 0 saturated carbocycles. The lowest BCUT2D eigenvalue weighted by molar-refractivity contribution is -0.126. The van der Waals surface area contributed by atoms with Crippen molar-refractivity contribution in [2.24, 2.45) is 0 Å². The minimum atomic E-state index is -1.31. The fraction of sp³-hybridized carbons (Fsp3) is 1.00. The van der Waals surface area contributed by atoms with Crippen LogP contribution in [0.3, 0.4) is 0 Å². The highest BCUT2D eigenvalue weighted by Crippen LogP contribution is 2.29. The molecule has 0 aromatic rings. The molecule has 2 nitrogen and oxygen atoms in total. The molecule has 61 valence electrons. The van der Waals surface area contributed by atoms with Gasteiger partial charge in [0, 0.05) is 6.42 Å². The van der Waals surface area contributed by atoms with Crippen molar-refractivity contribution in [3.63, 3.8) is 0 Å². The van der Waals surface area contributed by atoms with E-state index in [1.54, 1.807) is 0 Å². The van der Waals surface area contributed by atoms with Crippen molar-refractivity contribution in [1.82, 2.24) is 0 Å². The molecule has 5 heteroatoms. The summed E-state index contributed by atoms with van der Waals surface area (Å²) >= 11 is 16.1. The van der Waals surface area contributed by atoms with Crippen LogP contribution in [0.4, 0.5) is 0 Å².